The highest BCUT2D eigenvalue weighted by atomic mass is 19.3. The molecule has 11 heteroatoms. The first kappa shape index (κ1) is 26.0. The smallest absolute Gasteiger partial charge is 0.321 e. The first-order valence-corrected chi connectivity index (χ1v) is 12.0. The highest BCUT2D eigenvalue weighted by Crippen LogP contribution is 2.35. The number of urea groups is 1. The van der Waals surface area contributed by atoms with Gasteiger partial charge in [0, 0.05) is 38.2 Å². The Morgan fingerprint density at radius 2 is 2.00 bits per heavy atom. The number of nitrogens with one attached hydrogen (secondary N) is 1. The number of amides is 2. The van der Waals surface area contributed by atoms with E-state index in [-0.39, 0.29) is 38.4 Å². The van der Waals surface area contributed by atoms with Gasteiger partial charge in [-0.05, 0) is 55.2 Å². The number of aliphatic hydroxyl groups is 1. The molecular formula is C25H31F3N4O4. The van der Waals surface area contributed by atoms with Crippen LogP contribution < -0.4 is 15.0 Å². The number of carbonyl (C=O) groups is 1. The van der Waals surface area contributed by atoms with Gasteiger partial charge in [-0.2, -0.15) is 4.98 Å². The number of alkyl halides is 2. The monoisotopic (exact) mass is 508 g/mol. The van der Waals surface area contributed by atoms with Gasteiger partial charge in [0.1, 0.15) is 18.2 Å². The summed E-state index contributed by atoms with van der Waals surface area (Å²) in [5.41, 5.74) is 1.93. The van der Waals surface area contributed by atoms with Crippen LogP contribution in [-0.2, 0) is 4.74 Å². The molecule has 2 amide bonds. The third-order valence-electron chi connectivity index (χ3n) is 6.52. The Kier molecular flexibility index (Phi) is 7.89. The van der Waals surface area contributed by atoms with Gasteiger partial charge in [-0.3, -0.25) is 0 Å². The fourth-order valence-corrected chi connectivity index (χ4v) is 4.46. The van der Waals surface area contributed by atoms with Crippen molar-refractivity contribution < 1.29 is 32.5 Å². The number of ether oxygens (including phenoxy) is 2. The van der Waals surface area contributed by atoms with Crippen molar-refractivity contribution in [1.29, 1.82) is 0 Å². The van der Waals surface area contributed by atoms with Crippen LogP contribution >= 0.6 is 0 Å². The third kappa shape index (κ3) is 6.01. The summed E-state index contributed by atoms with van der Waals surface area (Å²) < 4.78 is 53.2. The van der Waals surface area contributed by atoms with E-state index in [0.717, 1.165) is 6.92 Å². The molecule has 1 aromatic carbocycles. The molecule has 2 aromatic rings. The molecule has 2 fully saturated rings. The van der Waals surface area contributed by atoms with Crippen molar-refractivity contribution in [3.8, 4) is 17.0 Å². The van der Waals surface area contributed by atoms with E-state index in [2.05, 4.69) is 10.3 Å². The number of morpholine rings is 1. The Balaban J connectivity index is 1.61. The Hall–Kier alpha value is -3.05. The number of pyridine rings is 1. The summed E-state index contributed by atoms with van der Waals surface area (Å²) in [4.78, 5) is 20.6. The van der Waals surface area contributed by atoms with Gasteiger partial charge in [0.15, 0.2) is 0 Å². The van der Waals surface area contributed by atoms with Crippen LogP contribution in [0.3, 0.4) is 0 Å². The van der Waals surface area contributed by atoms with E-state index in [9.17, 15) is 23.1 Å². The van der Waals surface area contributed by atoms with E-state index in [0.29, 0.717) is 54.7 Å². The lowest BCUT2D eigenvalue weighted by Gasteiger charge is -2.28. The number of rotatable bonds is 7. The van der Waals surface area contributed by atoms with E-state index >= 15 is 0 Å². The molecule has 0 aliphatic carbocycles. The summed E-state index contributed by atoms with van der Waals surface area (Å²) in [6.07, 6.45) is 0.191. The number of benzene rings is 1. The quantitative estimate of drug-likeness (QED) is 0.590. The average Bonchev–Trinajstić information content (AvgIpc) is 3.36. The van der Waals surface area contributed by atoms with Crippen molar-refractivity contribution in [3.63, 3.8) is 0 Å². The van der Waals surface area contributed by atoms with Crippen LogP contribution in [0.2, 0.25) is 0 Å². The SMILES string of the molecule is Cc1cc(F)c(NC(=O)N2CC[C@@H](C(C)(F)F)C2)cc1-c1cc(OCCO)nc(N2CCOCC2)c1. The molecule has 2 aliphatic heterocycles. The standard InChI is InChI=1S/C25H31F3N4O4/c1-16-11-20(26)21(29-24(34)32-4-3-18(15-32)25(2,27)28)14-19(16)17-12-22(31-5-8-35-9-6-31)30-23(13-17)36-10-7-33/h11-14,18,33H,3-10,15H2,1-2H3,(H,29,34)/t18-/m1/s1. The van der Waals surface area contributed by atoms with Crippen LogP contribution in [0.4, 0.5) is 29.5 Å². The molecule has 2 N–H and O–H groups in total. The number of aliphatic hydroxyl groups excluding tert-OH is 1. The number of hydrogen-bond acceptors (Lipinski definition) is 6. The van der Waals surface area contributed by atoms with Crippen molar-refractivity contribution in [3.05, 3.63) is 35.6 Å². The molecule has 0 spiro atoms. The molecule has 4 rings (SSSR count). The number of anilines is 2. The lowest BCUT2D eigenvalue weighted by Crippen LogP contribution is -2.36. The average molecular weight is 509 g/mol. The second-order valence-electron chi connectivity index (χ2n) is 9.19. The lowest BCUT2D eigenvalue weighted by atomic mass is 10.00. The maximum absolute atomic E-state index is 14.8. The number of aromatic nitrogens is 1. The second kappa shape index (κ2) is 10.9. The topological polar surface area (TPSA) is 87.2 Å². The van der Waals surface area contributed by atoms with Gasteiger partial charge >= 0.3 is 6.03 Å². The molecule has 1 aromatic heterocycles. The third-order valence-corrected chi connectivity index (χ3v) is 6.52. The first-order chi connectivity index (χ1) is 17.2. The van der Waals surface area contributed by atoms with Crippen LogP contribution in [-0.4, -0.2) is 79.6 Å². The Labute approximate surface area is 208 Å². The zero-order valence-corrected chi connectivity index (χ0v) is 20.4. The van der Waals surface area contributed by atoms with Crippen LogP contribution in [0.5, 0.6) is 5.88 Å². The van der Waals surface area contributed by atoms with Gasteiger partial charge in [-0.1, -0.05) is 0 Å². The van der Waals surface area contributed by atoms with Crippen molar-refractivity contribution in [2.45, 2.75) is 26.2 Å². The number of carbonyl (C=O) groups excluding carboxylic acids is 1. The molecule has 0 radical (unpaired) electrons. The van der Waals surface area contributed by atoms with Crippen LogP contribution in [0.25, 0.3) is 11.1 Å². The number of aryl methyl sites for hydroxylation is 1. The fraction of sp³-hybridized carbons (Fsp3) is 0.520. The summed E-state index contributed by atoms with van der Waals surface area (Å²) in [5, 5.41) is 11.7. The number of hydrogen-bond donors (Lipinski definition) is 2. The minimum atomic E-state index is -2.88. The van der Waals surface area contributed by atoms with E-state index in [4.69, 9.17) is 9.47 Å². The normalized spacial score (nSPS) is 18.4. The Bertz CT molecular complexity index is 1090. The molecule has 1 atom stereocenters. The van der Waals surface area contributed by atoms with E-state index in [1.165, 1.54) is 17.0 Å². The minimum absolute atomic E-state index is 0.0464. The summed E-state index contributed by atoms with van der Waals surface area (Å²) in [6.45, 7) is 5.00. The van der Waals surface area contributed by atoms with Crippen molar-refractivity contribution in [2.75, 3.05) is 62.8 Å². The van der Waals surface area contributed by atoms with Gasteiger partial charge in [-0.25, -0.2) is 18.0 Å². The molecule has 8 nitrogen and oxygen atoms in total. The predicted octanol–water partition coefficient (Wildman–Crippen LogP) is 3.91. The summed E-state index contributed by atoms with van der Waals surface area (Å²) >= 11 is 0. The highest BCUT2D eigenvalue weighted by molar-refractivity contribution is 5.91. The van der Waals surface area contributed by atoms with Crippen molar-refractivity contribution in [1.82, 2.24) is 9.88 Å². The van der Waals surface area contributed by atoms with Crippen LogP contribution in [0, 0.1) is 18.7 Å². The fourth-order valence-electron chi connectivity index (χ4n) is 4.46. The van der Waals surface area contributed by atoms with Crippen molar-refractivity contribution in [2.24, 2.45) is 5.92 Å². The highest BCUT2D eigenvalue weighted by Gasteiger charge is 2.40. The maximum Gasteiger partial charge on any atom is 0.321 e. The number of halogens is 3. The van der Waals surface area contributed by atoms with Gasteiger partial charge in [0.25, 0.3) is 0 Å². The molecule has 2 aliphatic rings. The van der Waals surface area contributed by atoms with Gasteiger partial charge in [0.2, 0.25) is 11.8 Å². The summed E-state index contributed by atoms with van der Waals surface area (Å²) in [5.74, 6) is -3.47. The molecule has 0 saturated carbocycles. The van der Waals surface area contributed by atoms with E-state index in [1.54, 1.807) is 13.0 Å². The van der Waals surface area contributed by atoms with Gasteiger partial charge in [0.05, 0.1) is 25.5 Å². The predicted molar refractivity (Wildman–Crippen MR) is 129 cm³/mol. The summed E-state index contributed by atoms with van der Waals surface area (Å²) in [6, 6.07) is 5.78. The van der Waals surface area contributed by atoms with Crippen LogP contribution in [0.15, 0.2) is 24.3 Å². The Morgan fingerprint density at radius 3 is 2.67 bits per heavy atom. The summed E-state index contributed by atoms with van der Waals surface area (Å²) in [7, 11) is 0. The Morgan fingerprint density at radius 1 is 1.25 bits per heavy atom. The second-order valence-corrected chi connectivity index (χ2v) is 9.19. The van der Waals surface area contributed by atoms with Crippen molar-refractivity contribution >= 4 is 17.5 Å². The van der Waals surface area contributed by atoms with Crippen LogP contribution in [0.1, 0.15) is 18.9 Å². The molecule has 3 heterocycles. The van der Waals surface area contributed by atoms with E-state index < -0.39 is 23.7 Å². The zero-order chi connectivity index (χ0) is 25.9. The van der Waals surface area contributed by atoms with E-state index in [1.807, 2.05) is 11.0 Å². The lowest BCUT2D eigenvalue weighted by molar-refractivity contribution is -0.0338. The molecule has 2 saturated heterocycles. The molecule has 36 heavy (non-hydrogen) atoms. The number of likely N-dealkylation sites (tertiary alicyclic amines) is 1. The maximum atomic E-state index is 14.8. The number of nitrogens with zero attached hydrogens (tertiary/aromatic N) is 3. The molecular weight excluding hydrogens is 477 g/mol. The molecule has 0 bridgehead atoms. The first-order valence-electron chi connectivity index (χ1n) is 12.0. The molecule has 196 valence electrons. The molecule has 0 unspecified atom stereocenters. The zero-order valence-electron chi connectivity index (χ0n) is 20.4. The van der Waals surface area contributed by atoms with Gasteiger partial charge in [-0.15, -0.1) is 0 Å². The van der Waals surface area contributed by atoms with Gasteiger partial charge < -0.3 is 29.7 Å². The minimum Gasteiger partial charge on any atom is -0.475 e. The largest absolute Gasteiger partial charge is 0.475 e.